The molecule has 0 bridgehead atoms. The molecule has 1 rings (SSSR count). The zero-order chi connectivity index (χ0) is 12.8. The van der Waals surface area contributed by atoms with Crippen LogP contribution in [-0.4, -0.2) is 36.7 Å². The zero-order valence-electron chi connectivity index (χ0n) is 10.6. The lowest BCUT2D eigenvalue weighted by atomic mass is 10.3. The van der Waals surface area contributed by atoms with Crippen LogP contribution in [0, 0.1) is 0 Å². The summed E-state index contributed by atoms with van der Waals surface area (Å²) in [6.07, 6.45) is 1.73. The number of rotatable bonds is 6. The van der Waals surface area contributed by atoms with Crippen LogP contribution in [0.4, 0.5) is 0 Å². The van der Waals surface area contributed by atoms with E-state index in [2.05, 4.69) is 0 Å². The molecule has 0 atom stereocenters. The average Bonchev–Trinajstić information content (AvgIpc) is 2.30. The van der Waals surface area contributed by atoms with E-state index in [4.69, 9.17) is 16.3 Å². The quantitative estimate of drug-likeness (QED) is 0.726. The van der Waals surface area contributed by atoms with Gasteiger partial charge >= 0.3 is 0 Å². The van der Waals surface area contributed by atoms with Crippen LogP contribution in [0.2, 0.25) is 0 Å². The first kappa shape index (κ1) is 14.1. The highest BCUT2D eigenvalue weighted by Crippen LogP contribution is 2.09. The minimum absolute atomic E-state index is 0.107. The van der Waals surface area contributed by atoms with Gasteiger partial charge in [0.1, 0.15) is 6.61 Å². The van der Waals surface area contributed by atoms with Crippen LogP contribution < -0.4 is 10.2 Å². The molecule has 0 spiro atoms. The summed E-state index contributed by atoms with van der Waals surface area (Å²) < 4.78 is 7.40. The van der Waals surface area contributed by atoms with Crippen LogP contribution in [0.3, 0.4) is 0 Å². The van der Waals surface area contributed by atoms with E-state index in [1.807, 2.05) is 30.5 Å². The molecule has 0 radical (unpaired) electrons. The van der Waals surface area contributed by atoms with Gasteiger partial charge in [-0.15, -0.1) is 11.6 Å². The molecule has 96 valence electrons. The summed E-state index contributed by atoms with van der Waals surface area (Å²) in [7, 11) is 3.93. The number of alkyl halides is 1. The number of aryl methyl sites for hydroxylation is 1. The first-order valence-corrected chi connectivity index (χ1v) is 6.18. The topological polar surface area (TPSA) is 34.5 Å². The van der Waals surface area contributed by atoms with Crippen LogP contribution in [0.25, 0.3) is 0 Å². The number of pyridine rings is 1. The molecule has 0 saturated heterocycles. The third-order valence-corrected chi connectivity index (χ3v) is 2.73. The van der Waals surface area contributed by atoms with Crippen molar-refractivity contribution in [2.24, 2.45) is 0 Å². The maximum Gasteiger partial charge on any atom is 0.223 e. The Morgan fingerprint density at radius 3 is 2.71 bits per heavy atom. The SMILES string of the molecule is CCn1cc(OCCN(C)C)c(=O)cc1CCl. The second kappa shape index (κ2) is 6.67. The predicted octanol–water partition coefficient (Wildman–Crippen LogP) is 1.55. The van der Waals surface area contributed by atoms with Crippen molar-refractivity contribution in [3.8, 4) is 5.75 Å². The van der Waals surface area contributed by atoms with Crippen LogP contribution in [0.15, 0.2) is 17.1 Å². The van der Waals surface area contributed by atoms with Gasteiger partial charge in [0, 0.05) is 24.8 Å². The average molecular weight is 259 g/mol. The van der Waals surface area contributed by atoms with E-state index in [-0.39, 0.29) is 5.43 Å². The molecule has 0 saturated carbocycles. The summed E-state index contributed by atoms with van der Waals surface area (Å²) in [5.41, 5.74) is 0.711. The minimum Gasteiger partial charge on any atom is -0.487 e. The third kappa shape index (κ3) is 4.06. The fraction of sp³-hybridized carbons (Fsp3) is 0.583. The third-order valence-electron chi connectivity index (χ3n) is 2.46. The molecule has 1 heterocycles. The van der Waals surface area contributed by atoms with Crippen LogP contribution in [0.5, 0.6) is 5.75 Å². The second-order valence-corrected chi connectivity index (χ2v) is 4.33. The molecule has 0 fully saturated rings. The highest BCUT2D eigenvalue weighted by molar-refractivity contribution is 6.16. The van der Waals surface area contributed by atoms with Crippen molar-refractivity contribution in [1.82, 2.24) is 9.47 Å². The van der Waals surface area contributed by atoms with Gasteiger partial charge < -0.3 is 14.2 Å². The molecule has 4 nitrogen and oxygen atoms in total. The highest BCUT2D eigenvalue weighted by atomic mass is 35.5. The van der Waals surface area contributed by atoms with Crippen molar-refractivity contribution in [3.63, 3.8) is 0 Å². The first-order chi connectivity index (χ1) is 8.08. The lowest BCUT2D eigenvalue weighted by Gasteiger charge is -2.13. The number of nitrogens with zero attached hydrogens (tertiary/aromatic N) is 2. The fourth-order valence-corrected chi connectivity index (χ4v) is 1.68. The summed E-state index contributed by atoms with van der Waals surface area (Å²) in [5.74, 6) is 0.726. The van der Waals surface area contributed by atoms with Gasteiger partial charge in [-0.2, -0.15) is 0 Å². The van der Waals surface area contributed by atoms with E-state index in [1.54, 1.807) is 12.3 Å². The molecule has 1 aromatic heterocycles. The number of hydrogen-bond donors (Lipinski definition) is 0. The lowest BCUT2D eigenvalue weighted by Crippen LogP contribution is -2.22. The van der Waals surface area contributed by atoms with E-state index in [1.165, 1.54) is 0 Å². The van der Waals surface area contributed by atoms with Crippen molar-refractivity contribution in [2.45, 2.75) is 19.3 Å². The van der Waals surface area contributed by atoms with E-state index < -0.39 is 0 Å². The minimum atomic E-state index is -0.107. The number of ether oxygens (including phenoxy) is 1. The van der Waals surface area contributed by atoms with Crippen molar-refractivity contribution in [1.29, 1.82) is 0 Å². The Morgan fingerprint density at radius 2 is 2.18 bits per heavy atom. The second-order valence-electron chi connectivity index (χ2n) is 4.06. The number of likely N-dealkylation sites (N-methyl/N-ethyl adjacent to an activating group) is 1. The summed E-state index contributed by atoms with van der Waals surface area (Å²) in [6.45, 7) is 4.06. The molecular formula is C12H19ClN2O2. The van der Waals surface area contributed by atoms with Gasteiger partial charge in [0.15, 0.2) is 5.75 Å². The number of aromatic nitrogens is 1. The molecule has 5 heteroatoms. The van der Waals surface area contributed by atoms with Crippen molar-refractivity contribution >= 4 is 11.6 Å². The maximum atomic E-state index is 11.7. The zero-order valence-corrected chi connectivity index (χ0v) is 11.3. The molecule has 17 heavy (non-hydrogen) atoms. The number of halogens is 1. The smallest absolute Gasteiger partial charge is 0.223 e. The monoisotopic (exact) mass is 258 g/mol. The molecule has 1 aromatic rings. The van der Waals surface area contributed by atoms with E-state index >= 15 is 0 Å². The van der Waals surface area contributed by atoms with Crippen LogP contribution >= 0.6 is 11.6 Å². The molecule has 0 unspecified atom stereocenters. The molecule has 0 aliphatic heterocycles. The standard InChI is InChI=1S/C12H19ClN2O2/c1-4-15-9-12(17-6-5-14(2)3)11(16)7-10(15)8-13/h7,9H,4-6,8H2,1-3H3. The Balaban J connectivity index is 2.82. The van der Waals surface area contributed by atoms with Gasteiger partial charge in [0.05, 0.1) is 12.1 Å². The highest BCUT2D eigenvalue weighted by Gasteiger charge is 2.06. The Labute approximate surface area is 107 Å². The van der Waals surface area contributed by atoms with E-state index in [9.17, 15) is 4.79 Å². The first-order valence-electron chi connectivity index (χ1n) is 5.65. The van der Waals surface area contributed by atoms with Gasteiger partial charge in [-0.1, -0.05) is 0 Å². The number of hydrogen-bond acceptors (Lipinski definition) is 3. The Kier molecular flexibility index (Phi) is 5.51. The molecule has 0 amide bonds. The van der Waals surface area contributed by atoms with E-state index in [0.29, 0.717) is 18.2 Å². The van der Waals surface area contributed by atoms with Gasteiger partial charge in [0.2, 0.25) is 5.43 Å². The Bertz CT molecular complexity index is 415. The van der Waals surface area contributed by atoms with Crippen LogP contribution in [-0.2, 0) is 12.4 Å². The largest absolute Gasteiger partial charge is 0.487 e. The Morgan fingerprint density at radius 1 is 1.47 bits per heavy atom. The summed E-state index contributed by atoms with van der Waals surface area (Å²) >= 11 is 5.77. The van der Waals surface area contributed by atoms with Crippen molar-refractivity contribution in [3.05, 3.63) is 28.2 Å². The molecule has 0 aliphatic rings. The Hall–Kier alpha value is -1.00. The normalized spacial score (nSPS) is 10.9. The van der Waals surface area contributed by atoms with Gasteiger partial charge in [-0.25, -0.2) is 0 Å². The van der Waals surface area contributed by atoms with Gasteiger partial charge in [-0.05, 0) is 21.0 Å². The molecule has 0 N–H and O–H groups in total. The molecule has 0 aromatic carbocycles. The van der Waals surface area contributed by atoms with E-state index in [0.717, 1.165) is 18.8 Å². The van der Waals surface area contributed by atoms with Crippen molar-refractivity contribution in [2.75, 3.05) is 27.2 Å². The van der Waals surface area contributed by atoms with Gasteiger partial charge in [0.25, 0.3) is 0 Å². The summed E-state index contributed by atoms with van der Waals surface area (Å²) in [5, 5.41) is 0. The van der Waals surface area contributed by atoms with Crippen LogP contribution in [0.1, 0.15) is 12.6 Å². The molecular weight excluding hydrogens is 240 g/mol. The predicted molar refractivity (Wildman–Crippen MR) is 70.0 cm³/mol. The van der Waals surface area contributed by atoms with Gasteiger partial charge in [-0.3, -0.25) is 4.79 Å². The molecule has 0 aliphatic carbocycles. The van der Waals surface area contributed by atoms with Crippen molar-refractivity contribution < 1.29 is 4.74 Å². The summed E-state index contributed by atoms with van der Waals surface area (Å²) in [6, 6.07) is 1.54. The summed E-state index contributed by atoms with van der Waals surface area (Å²) in [4.78, 5) is 13.7. The fourth-order valence-electron chi connectivity index (χ4n) is 1.45. The lowest BCUT2D eigenvalue weighted by molar-refractivity contribution is 0.257. The maximum absolute atomic E-state index is 11.7.